The zero-order chi connectivity index (χ0) is 21.8. The highest BCUT2D eigenvalue weighted by Gasteiger charge is 2.36. The van der Waals surface area contributed by atoms with Crippen LogP contribution in [0.2, 0.25) is 0 Å². The lowest BCUT2D eigenvalue weighted by Gasteiger charge is -2.29. The van der Waals surface area contributed by atoms with E-state index in [4.69, 9.17) is 26.1 Å². The van der Waals surface area contributed by atoms with Gasteiger partial charge in [0.25, 0.3) is 11.8 Å². The fourth-order valence-electron chi connectivity index (χ4n) is 3.11. The van der Waals surface area contributed by atoms with E-state index in [2.05, 4.69) is 5.32 Å². The molecule has 0 aliphatic carbocycles. The molecule has 158 valence electrons. The van der Waals surface area contributed by atoms with Gasteiger partial charge in [0, 0.05) is 25.2 Å². The van der Waals surface area contributed by atoms with Crippen LogP contribution in [0.3, 0.4) is 0 Å². The van der Waals surface area contributed by atoms with Gasteiger partial charge in [-0.15, -0.1) is 0 Å². The molecule has 0 saturated carbocycles. The number of nitrogens with one attached hydrogen (secondary N) is 1. The Morgan fingerprint density at radius 1 is 1.13 bits per heavy atom. The fraction of sp³-hybridized carbons (Fsp3) is 0.286. The van der Waals surface area contributed by atoms with E-state index in [0.717, 1.165) is 13.1 Å². The lowest BCUT2D eigenvalue weighted by Crippen LogP contribution is -2.54. The van der Waals surface area contributed by atoms with Crippen LogP contribution in [0.5, 0.6) is 11.5 Å². The Labute approximate surface area is 180 Å². The minimum Gasteiger partial charge on any atom is -0.497 e. The molecular weight excluding hydrogens is 406 g/mol. The normalized spacial score (nSPS) is 15.4. The number of hydrogen-bond donors (Lipinski definition) is 1. The van der Waals surface area contributed by atoms with Crippen LogP contribution >= 0.6 is 12.2 Å². The number of hydrogen-bond acceptors (Lipinski definition) is 7. The number of benzene rings is 1. The summed E-state index contributed by atoms with van der Waals surface area (Å²) in [5, 5.41) is 2.52. The first-order valence-corrected chi connectivity index (χ1v) is 9.82. The first-order valence-electron chi connectivity index (χ1n) is 9.41. The molecule has 1 aliphatic heterocycles. The van der Waals surface area contributed by atoms with Gasteiger partial charge >= 0.3 is 0 Å². The highest BCUT2D eigenvalue weighted by molar-refractivity contribution is 7.80. The van der Waals surface area contributed by atoms with E-state index in [1.165, 1.54) is 25.2 Å². The van der Waals surface area contributed by atoms with Crippen molar-refractivity contribution in [2.45, 2.75) is 13.8 Å². The van der Waals surface area contributed by atoms with Crippen molar-refractivity contribution in [3.05, 3.63) is 41.7 Å². The molecule has 1 aromatic carbocycles. The Morgan fingerprint density at radius 3 is 2.50 bits per heavy atom. The van der Waals surface area contributed by atoms with Crippen molar-refractivity contribution in [3.8, 4) is 11.5 Å². The lowest BCUT2D eigenvalue weighted by atomic mass is 10.1. The standard InChI is InChI=1S/C21H23N3O5S/c1-5-23(6-2)18-10-8-14(29-18)11-15-19(25)22-21(30)24(20(15)26)16-9-7-13(27-3)12-17(16)28-4/h7-12H,5-6H2,1-4H3,(H,22,25,30)/b15-11+. The van der Waals surface area contributed by atoms with Crippen LogP contribution in [0.25, 0.3) is 6.08 Å². The molecule has 1 saturated heterocycles. The largest absolute Gasteiger partial charge is 0.497 e. The quantitative estimate of drug-likeness (QED) is 0.411. The second-order valence-electron chi connectivity index (χ2n) is 6.34. The Kier molecular flexibility index (Phi) is 6.41. The SMILES string of the molecule is CCN(CC)c1ccc(/C=C2\C(=O)NC(=S)N(c3ccc(OC)cc3OC)C2=O)o1. The number of ether oxygens (including phenoxy) is 2. The molecule has 1 aliphatic rings. The maximum Gasteiger partial charge on any atom is 0.270 e. The minimum atomic E-state index is -0.588. The molecular formula is C21H23N3O5S. The van der Waals surface area contributed by atoms with Gasteiger partial charge in [-0.2, -0.15) is 0 Å². The minimum absolute atomic E-state index is 0.0334. The van der Waals surface area contributed by atoms with Gasteiger partial charge in [0.15, 0.2) is 11.0 Å². The zero-order valence-electron chi connectivity index (χ0n) is 17.2. The van der Waals surface area contributed by atoms with Gasteiger partial charge in [-0.3, -0.25) is 14.9 Å². The molecule has 2 heterocycles. The van der Waals surface area contributed by atoms with Crippen LogP contribution in [0.4, 0.5) is 11.6 Å². The molecule has 3 rings (SSSR count). The molecule has 9 heteroatoms. The highest BCUT2D eigenvalue weighted by Crippen LogP contribution is 2.34. The lowest BCUT2D eigenvalue weighted by molar-refractivity contribution is -0.122. The molecule has 0 radical (unpaired) electrons. The third kappa shape index (κ3) is 4.02. The Morgan fingerprint density at radius 2 is 1.87 bits per heavy atom. The van der Waals surface area contributed by atoms with E-state index in [-0.39, 0.29) is 10.7 Å². The van der Waals surface area contributed by atoms with Gasteiger partial charge < -0.3 is 18.8 Å². The second kappa shape index (κ2) is 9.00. The van der Waals surface area contributed by atoms with Crippen molar-refractivity contribution < 1.29 is 23.5 Å². The highest BCUT2D eigenvalue weighted by atomic mass is 32.1. The number of thiocarbonyl (C=S) groups is 1. The summed E-state index contributed by atoms with van der Waals surface area (Å²) in [6, 6.07) is 8.47. The van der Waals surface area contributed by atoms with Gasteiger partial charge in [-0.05, 0) is 50.3 Å². The molecule has 2 aromatic rings. The third-order valence-electron chi connectivity index (χ3n) is 4.70. The number of rotatable bonds is 7. The van der Waals surface area contributed by atoms with Crippen molar-refractivity contribution in [3.63, 3.8) is 0 Å². The predicted molar refractivity (Wildman–Crippen MR) is 118 cm³/mol. The summed E-state index contributed by atoms with van der Waals surface area (Å²) < 4.78 is 16.4. The van der Waals surface area contributed by atoms with Crippen LogP contribution in [0, 0.1) is 0 Å². The van der Waals surface area contributed by atoms with Crippen LogP contribution in [-0.4, -0.2) is 44.2 Å². The number of carbonyl (C=O) groups excluding carboxylic acids is 2. The molecule has 0 spiro atoms. The van der Waals surface area contributed by atoms with E-state index < -0.39 is 11.8 Å². The maximum absolute atomic E-state index is 13.2. The van der Waals surface area contributed by atoms with Gasteiger partial charge in [0.2, 0.25) is 0 Å². The molecule has 30 heavy (non-hydrogen) atoms. The number of carbonyl (C=O) groups is 2. The van der Waals surface area contributed by atoms with E-state index >= 15 is 0 Å². The summed E-state index contributed by atoms with van der Waals surface area (Å²) in [7, 11) is 3.00. The maximum atomic E-state index is 13.2. The van der Waals surface area contributed by atoms with Gasteiger partial charge in [-0.1, -0.05) is 0 Å². The van der Waals surface area contributed by atoms with Crippen molar-refractivity contribution in [2.24, 2.45) is 0 Å². The Balaban J connectivity index is 1.98. The van der Waals surface area contributed by atoms with Crippen molar-refractivity contribution in [2.75, 3.05) is 37.1 Å². The van der Waals surface area contributed by atoms with Gasteiger partial charge in [0.1, 0.15) is 22.8 Å². The topological polar surface area (TPSA) is 84.3 Å². The number of furan rings is 1. The number of amides is 2. The van der Waals surface area contributed by atoms with E-state index in [0.29, 0.717) is 28.8 Å². The summed E-state index contributed by atoms with van der Waals surface area (Å²) in [5.74, 6) is 0.833. The summed E-state index contributed by atoms with van der Waals surface area (Å²) in [4.78, 5) is 28.9. The van der Waals surface area contributed by atoms with Crippen LogP contribution in [0.1, 0.15) is 19.6 Å². The van der Waals surface area contributed by atoms with Crippen molar-refractivity contribution >= 4 is 46.8 Å². The Bertz CT molecular complexity index is 1010. The van der Waals surface area contributed by atoms with Crippen LogP contribution in [-0.2, 0) is 9.59 Å². The Hall–Kier alpha value is -3.33. The monoisotopic (exact) mass is 429 g/mol. The van der Waals surface area contributed by atoms with E-state index in [1.54, 1.807) is 30.3 Å². The molecule has 1 N–H and O–H groups in total. The van der Waals surface area contributed by atoms with Crippen LogP contribution in [0.15, 0.2) is 40.3 Å². The van der Waals surface area contributed by atoms with E-state index in [9.17, 15) is 9.59 Å². The molecule has 1 fully saturated rings. The average Bonchev–Trinajstić information content (AvgIpc) is 3.20. The molecule has 0 atom stereocenters. The van der Waals surface area contributed by atoms with E-state index in [1.807, 2.05) is 18.7 Å². The molecule has 0 unspecified atom stereocenters. The first-order chi connectivity index (χ1) is 14.4. The fourth-order valence-corrected chi connectivity index (χ4v) is 3.39. The molecule has 0 bridgehead atoms. The second-order valence-corrected chi connectivity index (χ2v) is 6.73. The van der Waals surface area contributed by atoms with Gasteiger partial charge in [-0.25, -0.2) is 4.90 Å². The number of nitrogens with zero attached hydrogens (tertiary/aromatic N) is 2. The molecule has 2 amide bonds. The van der Waals surface area contributed by atoms with Crippen molar-refractivity contribution in [1.29, 1.82) is 0 Å². The summed E-state index contributed by atoms with van der Waals surface area (Å²) in [6.07, 6.45) is 1.41. The third-order valence-corrected chi connectivity index (χ3v) is 4.99. The number of methoxy groups -OCH3 is 2. The predicted octanol–water partition coefficient (Wildman–Crippen LogP) is 2.97. The number of anilines is 2. The molecule has 1 aromatic heterocycles. The van der Waals surface area contributed by atoms with Crippen LogP contribution < -0.4 is 24.6 Å². The van der Waals surface area contributed by atoms with Gasteiger partial charge in [0.05, 0.1) is 19.9 Å². The summed E-state index contributed by atoms with van der Waals surface area (Å²) in [6.45, 7) is 5.59. The smallest absolute Gasteiger partial charge is 0.270 e. The summed E-state index contributed by atoms with van der Waals surface area (Å²) >= 11 is 5.25. The average molecular weight is 429 g/mol. The zero-order valence-corrected chi connectivity index (χ0v) is 18.0. The first kappa shape index (κ1) is 21.4. The molecule has 8 nitrogen and oxygen atoms in total. The summed E-state index contributed by atoms with van der Waals surface area (Å²) in [5.41, 5.74) is 0.296. The van der Waals surface area contributed by atoms with Crippen molar-refractivity contribution in [1.82, 2.24) is 5.32 Å².